The molecule has 0 amide bonds. The minimum absolute atomic E-state index is 0.137. The summed E-state index contributed by atoms with van der Waals surface area (Å²) in [5.41, 5.74) is -2.01. The summed E-state index contributed by atoms with van der Waals surface area (Å²) >= 11 is 1.00. The maximum atomic E-state index is 14.4. The lowest BCUT2D eigenvalue weighted by atomic mass is 10.2. The van der Waals surface area contributed by atoms with Gasteiger partial charge >= 0.3 is 6.18 Å². The summed E-state index contributed by atoms with van der Waals surface area (Å²) in [4.78, 5) is 7.40. The van der Waals surface area contributed by atoms with Crippen molar-refractivity contribution < 1.29 is 27.1 Å². The summed E-state index contributed by atoms with van der Waals surface area (Å²) in [5, 5.41) is 0.214. The standard InChI is InChI=1S/C22H22F3N3O3S/c23-22(24,25)21(31-13-5-9-27-10-14-29-15-11-27)17-32-20(26-18-6-2-1-3-7-18)28(21)16-19-8-4-12-30-19/h1-4,6-8,12H,10-11,13-17H2. The SMILES string of the molecule is FC(F)(F)C1(OCC#CN2CCOCC2)CSC(=Nc2ccccc2)N1Cc1ccco1. The summed E-state index contributed by atoms with van der Waals surface area (Å²) < 4.78 is 59.4. The van der Waals surface area contributed by atoms with Crippen molar-refractivity contribution in [1.82, 2.24) is 9.80 Å². The molecule has 2 aliphatic heterocycles. The van der Waals surface area contributed by atoms with Crippen LogP contribution in [-0.4, -0.2) is 65.5 Å². The second-order valence-electron chi connectivity index (χ2n) is 7.14. The molecule has 1 aromatic carbocycles. The lowest BCUT2D eigenvalue weighted by Gasteiger charge is -2.38. The quantitative estimate of drug-likeness (QED) is 0.621. The van der Waals surface area contributed by atoms with Gasteiger partial charge in [0.25, 0.3) is 5.72 Å². The molecule has 2 saturated heterocycles. The monoisotopic (exact) mass is 465 g/mol. The van der Waals surface area contributed by atoms with Crippen LogP contribution in [-0.2, 0) is 16.0 Å². The van der Waals surface area contributed by atoms with Crippen molar-refractivity contribution in [3.05, 3.63) is 54.5 Å². The Labute approximate surface area is 188 Å². The second-order valence-corrected chi connectivity index (χ2v) is 8.09. The van der Waals surface area contributed by atoms with Crippen LogP contribution in [0.5, 0.6) is 0 Å². The predicted octanol–water partition coefficient (Wildman–Crippen LogP) is 4.08. The van der Waals surface area contributed by atoms with Gasteiger partial charge in [0.2, 0.25) is 0 Å². The van der Waals surface area contributed by atoms with E-state index in [0.717, 1.165) is 16.7 Å². The van der Waals surface area contributed by atoms with Gasteiger partial charge in [0.1, 0.15) is 12.4 Å². The molecule has 2 aliphatic rings. The maximum absolute atomic E-state index is 14.4. The number of furan rings is 1. The van der Waals surface area contributed by atoms with Crippen LogP contribution in [0.1, 0.15) is 5.76 Å². The molecule has 3 heterocycles. The summed E-state index contributed by atoms with van der Waals surface area (Å²) in [6, 6.07) is 15.0. The molecular weight excluding hydrogens is 443 g/mol. The molecule has 0 spiro atoms. The van der Waals surface area contributed by atoms with E-state index in [2.05, 4.69) is 17.0 Å². The first kappa shape index (κ1) is 22.6. The van der Waals surface area contributed by atoms with E-state index in [0.29, 0.717) is 37.8 Å². The Hall–Kier alpha value is -2.61. The number of benzene rings is 1. The number of hydrogen-bond acceptors (Lipinski definition) is 6. The van der Waals surface area contributed by atoms with E-state index in [4.69, 9.17) is 13.9 Å². The van der Waals surface area contributed by atoms with Crippen molar-refractivity contribution >= 4 is 22.6 Å². The number of amidine groups is 1. The average Bonchev–Trinajstić information content (AvgIpc) is 3.42. The highest BCUT2D eigenvalue weighted by Crippen LogP contribution is 2.46. The normalized spacial score (nSPS) is 22.8. The molecular formula is C22H22F3N3O3S. The number of aliphatic imine (C=N–C) groups is 1. The van der Waals surface area contributed by atoms with Gasteiger partial charge in [-0.25, -0.2) is 4.99 Å². The number of nitrogens with zero attached hydrogens (tertiary/aromatic N) is 3. The van der Waals surface area contributed by atoms with Crippen LogP contribution in [0.4, 0.5) is 18.9 Å². The Balaban J connectivity index is 1.61. The van der Waals surface area contributed by atoms with E-state index in [9.17, 15) is 13.2 Å². The Bertz CT molecular complexity index is 967. The van der Waals surface area contributed by atoms with Crippen LogP contribution in [0.2, 0.25) is 0 Å². The van der Waals surface area contributed by atoms with Gasteiger partial charge in [-0.15, -0.1) is 0 Å². The molecule has 32 heavy (non-hydrogen) atoms. The van der Waals surface area contributed by atoms with E-state index >= 15 is 0 Å². The van der Waals surface area contributed by atoms with Crippen molar-refractivity contribution in [1.29, 1.82) is 0 Å². The zero-order valence-corrected chi connectivity index (χ0v) is 18.0. The van der Waals surface area contributed by atoms with E-state index in [1.54, 1.807) is 36.4 Å². The minimum atomic E-state index is -4.68. The van der Waals surface area contributed by atoms with Crippen LogP contribution in [0.15, 0.2) is 58.1 Å². The lowest BCUT2D eigenvalue weighted by molar-refractivity contribution is -0.305. The Morgan fingerprint density at radius 2 is 1.91 bits per heavy atom. The van der Waals surface area contributed by atoms with Crippen LogP contribution in [0.25, 0.3) is 0 Å². The zero-order chi connectivity index (χ0) is 22.4. The molecule has 0 bridgehead atoms. The van der Waals surface area contributed by atoms with E-state index in [-0.39, 0.29) is 24.1 Å². The van der Waals surface area contributed by atoms with Crippen molar-refractivity contribution in [2.75, 3.05) is 38.7 Å². The average molecular weight is 465 g/mol. The molecule has 2 fully saturated rings. The Morgan fingerprint density at radius 3 is 2.59 bits per heavy atom. The number of hydrogen-bond donors (Lipinski definition) is 0. The van der Waals surface area contributed by atoms with Gasteiger partial charge < -0.3 is 23.7 Å². The number of rotatable bonds is 5. The Morgan fingerprint density at radius 1 is 1.12 bits per heavy atom. The molecule has 170 valence electrons. The maximum Gasteiger partial charge on any atom is 0.437 e. The van der Waals surface area contributed by atoms with Crippen LogP contribution >= 0.6 is 11.8 Å². The van der Waals surface area contributed by atoms with Crippen molar-refractivity contribution in [3.63, 3.8) is 0 Å². The fraction of sp³-hybridized carbons (Fsp3) is 0.409. The molecule has 1 aromatic heterocycles. The van der Waals surface area contributed by atoms with Gasteiger partial charge in [-0.05, 0) is 24.3 Å². The molecule has 0 radical (unpaired) electrons. The summed E-state index contributed by atoms with van der Waals surface area (Å²) in [6.07, 6.45) is -3.25. The summed E-state index contributed by atoms with van der Waals surface area (Å²) in [7, 11) is 0. The fourth-order valence-electron chi connectivity index (χ4n) is 3.34. The largest absolute Gasteiger partial charge is 0.467 e. The molecule has 0 N–H and O–H groups in total. The van der Waals surface area contributed by atoms with Crippen LogP contribution in [0.3, 0.4) is 0 Å². The third-order valence-electron chi connectivity index (χ3n) is 5.01. The Kier molecular flexibility index (Phi) is 6.98. The van der Waals surface area contributed by atoms with Crippen LogP contribution in [0, 0.1) is 12.0 Å². The third kappa shape index (κ3) is 5.06. The number of ether oxygens (including phenoxy) is 2. The van der Waals surface area contributed by atoms with Gasteiger partial charge in [0.15, 0.2) is 5.17 Å². The molecule has 0 aliphatic carbocycles. The predicted molar refractivity (Wildman–Crippen MR) is 115 cm³/mol. The van der Waals surface area contributed by atoms with E-state index in [1.165, 1.54) is 6.26 Å². The molecule has 6 nitrogen and oxygen atoms in total. The van der Waals surface area contributed by atoms with Crippen molar-refractivity contribution in [3.8, 4) is 12.0 Å². The van der Waals surface area contributed by atoms with Gasteiger partial charge in [-0.1, -0.05) is 35.9 Å². The number of para-hydroxylation sites is 1. The number of thioether (sulfide) groups is 1. The molecule has 2 aromatic rings. The van der Waals surface area contributed by atoms with Crippen molar-refractivity contribution in [2.24, 2.45) is 4.99 Å². The van der Waals surface area contributed by atoms with Crippen molar-refractivity contribution in [2.45, 2.75) is 18.4 Å². The first-order chi connectivity index (χ1) is 15.5. The van der Waals surface area contributed by atoms with Crippen LogP contribution < -0.4 is 0 Å². The first-order valence-electron chi connectivity index (χ1n) is 10.1. The third-order valence-corrected chi connectivity index (χ3v) is 6.12. The molecule has 10 heteroatoms. The number of morpholine rings is 1. The highest BCUT2D eigenvalue weighted by atomic mass is 32.2. The molecule has 1 atom stereocenters. The zero-order valence-electron chi connectivity index (χ0n) is 17.2. The number of alkyl halides is 3. The fourth-order valence-corrected chi connectivity index (χ4v) is 4.61. The second kappa shape index (κ2) is 9.90. The summed E-state index contributed by atoms with van der Waals surface area (Å²) in [5.74, 6) is 2.74. The topological polar surface area (TPSA) is 50.4 Å². The van der Waals surface area contributed by atoms with E-state index < -0.39 is 11.9 Å². The smallest absolute Gasteiger partial charge is 0.437 e. The highest BCUT2D eigenvalue weighted by Gasteiger charge is 2.64. The molecule has 1 unspecified atom stereocenters. The van der Waals surface area contributed by atoms with Gasteiger partial charge in [-0.2, -0.15) is 13.2 Å². The highest BCUT2D eigenvalue weighted by molar-refractivity contribution is 8.14. The van der Waals surface area contributed by atoms with Gasteiger partial charge in [-0.3, -0.25) is 0 Å². The number of halogens is 3. The van der Waals surface area contributed by atoms with E-state index in [1.807, 2.05) is 11.0 Å². The molecule has 4 rings (SSSR count). The minimum Gasteiger partial charge on any atom is -0.467 e. The molecule has 0 saturated carbocycles. The first-order valence-corrected chi connectivity index (χ1v) is 11.0. The van der Waals surface area contributed by atoms with Gasteiger partial charge in [0.05, 0.1) is 37.5 Å². The lowest BCUT2D eigenvalue weighted by Crippen LogP contribution is -2.59. The summed E-state index contributed by atoms with van der Waals surface area (Å²) in [6.45, 7) is 1.83. The van der Waals surface area contributed by atoms with Gasteiger partial charge in [0, 0.05) is 19.1 Å².